The van der Waals surface area contributed by atoms with E-state index in [9.17, 15) is 0 Å². The van der Waals surface area contributed by atoms with Gasteiger partial charge in [-0.2, -0.15) is 11.8 Å². The van der Waals surface area contributed by atoms with Gasteiger partial charge in [-0.05, 0) is 19.0 Å². The molecular weight excluding hydrogens is 242 g/mol. The summed E-state index contributed by atoms with van der Waals surface area (Å²) in [7, 11) is 0. The molecule has 18 heavy (non-hydrogen) atoms. The van der Waals surface area contributed by atoms with Crippen LogP contribution in [0, 0.1) is 0 Å². The van der Waals surface area contributed by atoms with E-state index in [-0.39, 0.29) is 0 Å². The van der Waals surface area contributed by atoms with E-state index < -0.39 is 0 Å². The fraction of sp³-hybridized carbons (Fsp3) is 0.643. The highest BCUT2D eigenvalue weighted by atomic mass is 32.2. The van der Waals surface area contributed by atoms with Gasteiger partial charge in [-0.3, -0.25) is 0 Å². The molecule has 1 fully saturated rings. The molecule has 1 N–H and O–H groups in total. The molecule has 3 nitrogen and oxygen atoms in total. The highest BCUT2D eigenvalue weighted by molar-refractivity contribution is 8.00. The lowest BCUT2D eigenvalue weighted by Gasteiger charge is -2.33. The molecule has 0 radical (unpaired) electrons. The number of aromatic nitrogens is 1. The molecule has 1 atom stereocenters. The Hall–Kier alpha value is -0.740. The molecule has 4 heteroatoms. The summed E-state index contributed by atoms with van der Waals surface area (Å²) in [5.74, 6) is 2.40. The van der Waals surface area contributed by atoms with Gasteiger partial charge in [-0.25, -0.2) is 4.98 Å². The topological polar surface area (TPSA) is 28.2 Å². The minimum absolute atomic E-state index is 0.757. The van der Waals surface area contributed by atoms with Crippen LogP contribution >= 0.6 is 11.8 Å². The first-order chi connectivity index (χ1) is 8.85. The molecule has 1 aromatic heterocycles. The minimum Gasteiger partial charge on any atom is -0.354 e. The van der Waals surface area contributed by atoms with Gasteiger partial charge in [-0.1, -0.05) is 19.9 Å². The van der Waals surface area contributed by atoms with Crippen molar-refractivity contribution in [2.45, 2.75) is 32.1 Å². The van der Waals surface area contributed by atoms with Gasteiger partial charge >= 0.3 is 0 Å². The third-order valence-electron chi connectivity index (χ3n) is 3.33. The first kappa shape index (κ1) is 13.7. The highest BCUT2D eigenvalue weighted by Gasteiger charge is 2.21. The van der Waals surface area contributed by atoms with Crippen molar-refractivity contribution >= 4 is 17.6 Å². The Kier molecular flexibility index (Phi) is 5.32. The molecule has 0 bridgehead atoms. The Morgan fingerprint density at radius 2 is 2.39 bits per heavy atom. The van der Waals surface area contributed by atoms with Gasteiger partial charge < -0.3 is 10.2 Å². The second kappa shape index (κ2) is 7.00. The zero-order valence-electron chi connectivity index (χ0n) is 11.4. The van der Waals surface area contributed by atoms with Gasteiger partial charge in [-0.15, -0.1) is 0 Å². The number of nitrogens with one attached hydrogen (secondary N) is 1. The van der Waals surface area contributed by atoms with E-state index in [1.54, 1.807) is 0 Å². The van der Waals surface area contributed by atoms with E-state index in [0.29, 0.717) is 0 Å². The van der Waals surface area contributed by atoms with E-state index >= 15 is 0 Å². The zero-order chi connectivity index (χ0) is 12.8. The fourth-order valence-electron chi connectivity index (χ4n) is 2.27. The Balaban J connectivity index is 2.11. The lowest BCUT2D eigenvalue weighted by atomic mass is 10.2. The molecule has 0 spiro atoms. The van der Waals surface area contributed by atoms with Crippen LogP contribution in [0.25, 0.3) is 0 Å². The van der Waals surface area contributed by atoms with Crippen LogP contribution < -0.4 is 10.2 Å². The molecule has 1 aliphatic heterocycles. The van der Waals surface area contributed by atoms with E-state index in [1.165, 1.54) is 23.6 Å². The zero-order valence-corrected chi connectivity index (χ0v) is 12.2. The summed E-state index contributed by atoms with van der Waals surface area (Å²) in [4.78, 5) is 7.06. The molecule has 100 valence electrons. The molecule has 0 aliphatic carbocycles. The highest BCUT2D eigenvalue weighted by Crippen LogP contribution is 2.26. The van der Waals surface area contributed by atoms with Crippen molar-refractivity contribution in [3.05, 3.63) is 23.9 Å². The Bertz CT molecular complexity index is 370. The van der Waals surface area contributed by atoms with Crippen molar-refractivity contribution < 1.29 is 0 Å². The normalized spacial score (nSPS) is 20.1. The number of anilines is 1. The summed E-state index contributed by atoms with van der Waals surface area (Å²) >= 11 is 2.10. The molecule has 2 heterocycles. The average Bonchev–Trinajstić information content (AvgIpc) is 2.45. The molecule has 2 rings (SSSR count). The lowest BCUT2D eigenvalue weighted by molar-refractivity contribution is 0.694. The van der Waals surface area contributed by atoms with Crippen molar-refractivity contribution in [3.63, 3.8) is 0 Å². The number of hydrogen-bond donors (Lipinski definition) is 1. The summed E-state index contributed by atoms with van der Waals surface area (Å²) in [5.41, 5.74) is 1.32. The largest absolute Gasteiger partial charge is 0.354 e. The number of rotatable bonds is 5. The summed E-state index contributed by atoms with van der Waals surface area (Å²) in [6.07, 6.45) is 3.16. The maximum atomic E-state index is 4.60. The minimum atomic E-state index is 0.757. The van der Waals surface area contributed by atoms with E-state index in [4.69, 9.17) is 0 Å². The molecule has 1 aromatic rings. The van der Waals surface area contributed by atoms with Crippen LogP contribution in [0.4, 0.5) is 5.82 Å². The lowest BCUT2D eigenvalue weighted by Crippen LogP contribution is -2.39. The van der Waals surface area contributed by atoms with Crippen molar-refractivity contribution in [2.75, 3.05) is 30.3 Å². The van der Waals surface area contributed by atoms with E-state index in [2.05, 4.69) is 46.9 Å². The Morgan fingerprint density at radius 1 is 1.50 bits per heavy atom. The average molecular weight is 265 g/mol. The molecule has 1 aliphatic rings. The van der Waals surface area contributed by atoms with Crippen molar-refractivity contribution in [1.29, 1.82) is 0 Å². The summed E-state index contributed by atoms with van der Waals surface area (Å²) in [5, 5.41) is 4.15. The molecule has 0 saturated carbocycles. The van der Waals surface area contributed by atoms with Crippen molar-refractivity contribution in [3.8, 4) is 0 Å². The van der Waals surface area contributed by atoms with E-state index in [0.717, 1.165) is 31.4 Å². The SMILES string of the molecule is CCNCc1cccnc1N1CCSC(CC)C1. The standard InChI is InChI=1S/C14H23N3S/c1-3-13-11-17(8-9-18-13)14-12(10-15-4-2)6-5-7-16-14/h5-7,13,15H,3-4,8-11H2,1-2H3. The number of thioether (sulfide) groups is 1. The maximum Gasteiger partial charge on any atom is 0.133 e. The van der Waals surface area contributed by atoms with Gasteiger partial charge in [0, 0.05) is 42.4 Å². The van der Waals surface area contributed by atoms with Crippen molar-refractivity contribution in [1.82, 2.24) is 10.3 Å². The second-order valence-corrected chi connectivity index (χ2v) is 6.02. The van der Waals surface area contributed by atoms with Gasteiger partial charge in [0.1, 0.15) is 5.82 Å². The van der Waals surface area contributed by atoms with Gasteiger partial charge in [0.25, 0.3) is 0 Å². The fourth-order valence-corrected chi connectivity index (χ4v) is 3.45. The number of pyridine rings is 1. The van der Waals surface area contributed by atoms with Crippen LogP contribution in [0.5, 0.6) is 0 Å². The summed E-state index contributed by atoms with van der Waals surface area (Å²) in [6, 6.07) is 4.22. The predicted molar refractivity (Wildman–Crippen MR) is 80.4 cm³/mol. The van der Waals surface area contributed by atoms with Gasteiger partial charge in [0.05, 0.1) is 0 Å². The first-order valence-electron chi connectivity index (χ1n) is 6.86. The quantitative estimate of drug-likeness (QED) is 0.885. The second-order valence-electron chi connectivity index (χ2n) is 4.61. The summed E-state index contributed by atoms with van der Waals surface area (Å²) < 4.78 is 0. The van der Waals surface area contributed by atoms with Crippen LogP contribution in [0.15, 0.2) is 18.3 Å². The number of nitrogens with zero attached hydrogens (tertiary/aromatic N) is 2. The smallest absolute Gasteiger partial charge is 0.133 e. The Morgan fingerprint density at radius 3 is 3.17 bits per heavy atom. The monoisotopic (exact) mass is 265 g/mol. The molecule has 1 unspecified atom stereocenters. The Labute approximate surface area is 114 Å². The third-order valence-corrected chi connectivity index (χ3v) is 4.70. The van der Waals surface area contributed by atoms with Crippen LogP contribution in [0.3, 0.4) is 0 Å². The molecule has 0 amide bonds. The van der Waals surface area contributed by atoms with Crippen LogP contribution in [-0.4, -0.2) is 35.6 Å². The van der Waals surface area contributed by atoms with Gasteiger partial charge in [0.2, 0.25) is 0 Å². The predicted octanol–water partition coefficient (Wildman–Crippen LogP) is 2.52. The molecule has 0 aromatic carbocycles. The van der Waals surface area contributed by atoms with Gasteiger partial charge in [0.15, 0.2) is 0 Å². The van der Waals surface area contributed by atoms with Crippen molar-refractivity contribution in [2.24, 2.45) is 0 Å². The number of hydrogen-bond acceptors (Lipinski definition) is 4. The van der Waals surface area contributed by atoms with Crippen LogP contribution in [0.2, 0.25) is 0 Å². The summed E-state index contributed by atoms with van der Waals surface area (Å²) in [6.45, 7) is 8.59. The first-order valence-corrected chi connectivity index (χ1v) is 7.91. The maximum absolute atomic E-state index is 4.60. The molecule has 1 saturated heterocycles. The molecular formula is C14H23N3S. The van der Waals surface area contributed by atoms with Crippen LogP contribution in [0.1, 0.15) is 25.8 Å². The van der Waals surface area contributed by atoms with E-state index in [1.807, 2.05) is 12.3 Å². The third kappa shape index (κ3) is 3.39. The van der Waals surface area contributed by atoms with Crippen LogP contribution in [-0.2, 0) is 6.54 Å².